The van der Waals surface area contributed by atoms with Crippen LogP contribution in [0.15, 0.2) is 35.0 Å². The van der Waals surface area contributed by atoms with Crippen LogP contribution in [0.4, 0.5) is 0 Å². The molecule has 24 heavy (non-hydrogen) atoms. The Hall–Kier alpha value is -2.07. The Morgan fingerprint density at radius 2 is 1.79 bits per heavy atom. The van der Waals surface area contributed by atoms with Crippen LogP contribution < -0.4 is 0 Å². The highest BCUT2D eigenvalue weighted by molar-refractivity contribution is 5.75. The molecule has 1 aliphatic carbocycles. The van der Waals surface area contributed by atoms with E-state index in [4.69, 9.17) is 14.9 Å². The van der Waals surface area contributed by atoms with Crippen molar-refractivity contribution in [2.45, 2.75) is 31.7 Å². The first-order valence-corrected chi connectivity index (χ1v) is 7.21. The highest BCUT2D eigenvalue weighted by atomic mass is 16.5. The van der Waals surface area contributed by atoms with Crippen molar-refractivity contribution in [2.24, 2.45) is 5.92 Å². The van der Waals surface area contributed by atoms with Crippen molar-refractivity contribution in [3.05, 3.63) is 35.0 Å². The van der Waals surface area contributed by atoms with Crippen LogP contribution in [-0.4, -0.2) is 73.2 Å². The number of allylic oxidation sites excluding steroid dienone is 3. The highest BCUT2D eigenvalue weighted by Gasteiger charge is 2.26. The fourth-order valence-electron chi connectivity index (χ4n) is 2.03. The van der Waals surface area contributed by atoms with Crippen molar-refractivity contribution < 1.29 is 45.3 Å². The van der Waals surface area contributed by atoms with Gasteiger partial charge >= 0.3 is 5.97 Å². The van der Waals surface area contributed by atoms with Gasteiger partial charge in [0.2, 0.25) is 6.10 Å². The monoisotopic (exact) mass is 346 g/mol. The molecule has 9 heteroatoms. The molecule has 0 aliphatic heterocycles. The van der Waals surface area contributed by atoms with E-state index in [1.807, 2.05) is 0 Å². The quantitative estimate of drug-likeness (QED) is 0.297. The molecule has 0 saturated carbocycles. The molecular formula is C15H22O9. The number of hydrogen-bond acceptors (Lipinski definition) is 8. The molecule has 0 heterocycles. The van der Waals surface area contributed by atoms with E-state index in [0.29, 0.717) is 12.0 Å². The zero-order chi connectivity index (χ0) is 18.4. The number of ether oxygens (including phenoxy) is 1. The molecule has 0 saturated heterocycles. The normalized spacial score (nSPS) is 22.8. The first-order valence-electron chi connectivity index (χ1n) is 7.21. The molecule has 4 unspecified atom stereocenters. The van der Waals surface area contributed by atoms with Gasteiger partial charge in [0.15, 0.2) is 11.5 Å². The third-order valence-corrected chi connectivity index (χ3v) is 3.57. The summed E-state index contributed by atoms with van der Waals surface area (Å²) < 4.78 is 5.03. The number of carboxylic acids is 1. The van der Waals surface area contributed by atoms with Crippen molar-refractivity contribution in [1.29, 1.82) is 0 Å². The van der Waals surface area contributed by atoms with E-state index in [-0.39, 0.29) is 18.3 Å². The lowest BCUT2D eigenvalue weighted by atomic mass is 9.91. The van der Waals surface area contributed by atoms with Crippen LogP contribution in [0.3, 0.4) is 0 Å². The Balaban J connectivity index is 2.52. The summed E-state index contributed by atoms with van der Waals surface area (Å²) in [6.45, 7) is 1.03. The first-order chi connectivity index (χ1) is 11.1. The maximum absolute atomic E-state index is 10.5. The largest absolute Gasteiger partial charge is 0.512 e. The van der Waals surface area contributed by atoms with E-state index in [1.165, 1.54) is 6.08 Å². The predicted octanol–water partition coefficient (Wildman–Crippen LogP) is -0.0940. The van der Waals surface area contributed by atoms with Crippen LogP contribution in [0.2, 0.25) is 0 Å². The van der Waals surface area contributed by atoms with E-state index in [9.17, 15) is 30.3 Å². The van der Waals surface area contributed by atoms with Gasteiger partial charge in [0.05, 0.1) is 25.1 Å². The zero-order valence-electron chi connectivity index (χ0n) is 13.0. The molecular weight excluding hydrogens is 324 g/mol. The van der Waals surface area contributed by atoms with Gasteiger partial charge in [-0.1, -0.05) is 13.0 Å². The van der Waals surface area contributed by atoms with Gasteiger partial charge in [-0.05, 0) is 18.1 Å². The predicted molar refractivity (Wildman–Crippen MR) is 81.3 cm³/mol. The lowest BCUT2D eigenvalue weighted by Crippen LogP contribution is -2.29. The summed E-state index contributed by atoms with van der Waals surface area (Å²) in [5.74, 6) is -4.13. The molecule has 0 radical (unpaired) electrons. The van der Waals surface area contributed by atoms with E-state index in [0.717, 1.165) is 0 Å². The van der Waals surface area contributed by atoms with Crippen molar-refractivity contribution in [2.75, 3.05) is 13.2 Å². The Morgan fingerprint density at radius 1 is 1.17 bits per heavy atom. The van der Waals surface area contributed by atoms with E-state index in [1.54, 1.807) is 13.0 Å². The smallest absolute Gasteiger partial charge is 0.340 e. The van der Waals surface area contributed by atoms with Crippen LogP contribution in [0.5, 0.6) is 0 Å². The average molecular weight is 346 g/mol. The Morgan fingerprint density at radius 3 is 2.33 bits per heavy atom. The van der Waals surface area contributed by atoms with Gasteiger partial charge in [-0.2, -0.15) is 0 Å². The van der Waals surface area contributed by atoms with Gasteiger partial charge in [-0.15, -0.1) is 0 Å². The maximum atomic E-state index is 10.5. The lowest BCUT2D eigenvalue weighted by Gasteiger charge is -2.22. The number of carboxylic acid groups (broad SMARTS) is 1. The summed E-state index contributed by atoms with van der Waals surface area (Å²) in [4.78, 5) is 10.5. The Kier molecular flexibility index (Phi) is 7.23. The second-order valence-electron chi connectivity index (χ2n) is 5.52. The second-order valence-corrected chi connectivity index (χ2v) is 5.52. The summed E-state index contributed by atoms with van der Waals surface area (Å²) >= 11 is 0. The maximum Gasteiger partial charge on any atom is 0.340 e. The van der Waals surface area contributed by atoms with Gasteiger partial charge in [0.1, 0.15) is 6.10 Å². The van der Waals surface area contributed by atoms with E-state index in [2.05, 4.69) is 0 Å². The molecule has 0 spiro atoms. The molecule has 0 aromatic carbocycles. The second kappa shape index (κ2) is 8.69. The standard InChI is InChI=1S/C15H22O9/c1-7-4-8(2-3-9(7)16)10(17)5-24-6-11(18)12(19)13(20)14(21)15(22)23/h2-3,7,10-11,14,16-21H,4-6H2,1H3,(H,22,23)/b13-12+. The molecule has 136 valence electrons. The minimum Gasteiger partial charge on any atom is -0.512 e. The van der Waals surface area contributed by atoms with Crippen molar-refractivity contribution in [1.82, 2.24) is 0 Å². The van der Waals surface area contributed by atoms with Crippen LogP contribution in [0.1, 0.15) is 13.3 Å². The average Bonchev–Trinajstić information content (AvgIpc) is 2.54. The summed E-state index contributed by atoms with van der Waals surface area (Å²) in [6, 6.07) is 0. The number of aliphatic carboxylic acids is 1. The highest BCUT2D eigenvalue weighted by Crippen LogP contribution is 2.25. The lowest BCUT2D eigenvalue weighted by molar-refractivity contribution is -0.146. The number of carbonyl (C=O) groups is 1. The van der Waals surface area contributed by atoms with Crippen molar-refractivity contribution in [3.8, 4) is 0 Å². The number of aliphatic hydroxyl groups excluding tert-OH is 6. The molecule has 0 aromatic heterocycles. The SMILES string of the molecule is CC1CC(C(O)COCC(O)/C(O)=C(\O)C(O)C(=O)O)=CC=C1O. The van der Waals surface area contributed by atoms with Crippen LogP contribution in [-0.2, 0) is 9.53 Å². The molecule has 0 amide bonds. The van der Waals surface area contributed by atoms with Crippen molar-refractivity contribution in [3.63, 3.8) is 0 Å². The van der Waals surface area contributed by atoms with Gasteiger partial charge in [0, 0.05) is 5.92 Å². The van der Waals surface area contributed by atoms with Gasteiger partial charge in [0.25, 0.3) is 0 Å². The minimum atomic E-state index is -2.36. The molecule has 0 aromatic rings. The molecule has 4 atom stereocenters. The van der Waals surface area contributed by atoms with E-state index >= 15 is 0 Å². The first kappa shape index (κ1) is 20.0. The van der Waals surface area contributed by atoms with Crippen molar-refractivity contribution >= 4 is 5.97 Å². The summed E-state index contributed by atoms with van der Waals surface area (Å²) in [5, 5.41) is 65.3. The fourth-order valence-corrected chi connectivity index (χ4v) is 2.03. The van der Waals surface area contributed by atoms with Crippen LogP contribution >= 0.6 is 0 Å². The van der Waals surface area contributed by atoms with Crippen LogP contribution in [0.25, 0.3) is 0 Å². The fraction of sp³-hybridized carbons (Fsp3) is 0.533. The third-order valence-electron chi connectivity index (χ3n) is 3.57. The Bertz CT molecular complexity index is 549. The minimum absolute atomic E-state index is 0.133. The van der Waals surface area contributed by atoms with Gasteiger partial charge in [-0.3, -0.25) is 0 Å². The van der Waals surface area contributed by atoms with E-state index < -0.39 is 42.4 Å². The zero-order valence-corrected chi connectivity index (χ0v) is 13.0. The van der Waals surface area contributed by atoms with Gasteiger partial charge in [-0.25, -0.2) is 4.79 Å². The van der Waals surface area contributed by atoms with Gasteiger partial charge < -0.3 is 40.5 Å². The number of rotatable bonds is 8. The molecule has 0 bridgehead atoms. The Labute approximate surface area is 138 Å². The molecule has 7 N–H and O–H groups in total. The molecule has 0 fully saturated rings. The molecule has 1 aliphatic rings. The third kappa shape index (κ3) is 5.24. The number of aliphatic hydroxyl groups is 6. The molecule has 9 nitrogen and oxygen atoms in total. The molecule has 1 rings (SSSR count). The summed E-state index contributed by atoms with van der Waals surface area (Å²) in [5.41, 5.74) is 0.624. The topological polar surface area (TPSA) is 168 Å². The summed E-state index contributed by atoms with van der Waals surface area (Å²) in [6.07, 6.45) is -1.65. The van der Waals surface area contributed by atoms with Crippen LogP contribution in [0, 0.1) is 5.92 Å². The summed E-state index contributed by atoms with van der Waals surface area (Å²) in [7, 11) is 0. The number of hydrogen-bond donors (Lipinski definition) is 7.